The number of hydrogen-bond acceptors (Lipinski definition) is 4. The molecule has 1 aromatic rings. The molecule has 0 spiro atoms. The summed E-state index contributed by atoms with van der Waals surface area (Å²) in [6.07, 6.45) is 5.63. The van der Waals surface area contributed by atoms with Crippen molar-refractivity contribution in [1.82, 2.24) is 0 Å². The summed E-state index contributed by atoms with van der Waals surface area (Å²) in [6.45, 7) is 5.28. The molecule has 23 heavy (non-hydrogen) atoms. The summed E-state index contributed by atoms with van der Waals surface area (Å²) in [7, 11) is 0. The van der Waals surface area contributed by atoms with E-state index in [1.165, 1.54) is 43.9 Å². The van der Waals surface area contributed by atoms with E-state index in [9.17, 15) is 9.59 Å². The zero-order chi connectivity index (χ0) is 17.3. The van der Waals surface area contributed by atoms with Crippen molar-refractivity contribution in [1.29, 1.82) is 0 Å². The third-order valence-electron chi connectivity index (χ3n) is 3.24. The minimum Gasteiger partial charge on any atom is -0.444 e. The second-order valence-electron chi connectivity index (χ2n) is 6.56. The fourth-order valence-corrected chi connectivity index (χ4v) is 3.42. The first kappa shape index (κ1) is 19.6. The van der Waals surface area contributed by atoms with Gasteiger partial charge in [0.25, 0.3) is 0 Å². The van der Waals surface area contributed by atoms with Crippen LogP contribution in [0.4, 0.5) is 4.79 Å². The van der Waals surface area contributed by atoms with E-state index in [1.807, 2.05) is 30.3 Å². The number of hydrogen-bond donors (Lipinski definition) is 1. The Balaban J connectivity index is 0.000000284. The van der Waals surface area contributed by atoms with Gasteiger partial charge < -0.3 is 10.5 Å². The number of carbonyl (C=O) groups is 2. The van der Waals surface area contributed by atoms with Gasteiger partial charge >= 0.3 is 6.09 Å². The van der Waals surface area contributed by atoms with Gasteiger partial charge in [0.2, 0.25) is 5.12 Å². The molecular weight excluding hydrogens is 310 g/mol. The largest absolute Gasteiger partial charge is 0.444 e. The van der Waals surface area contributed by atoms with E-state index in [0.29, 0.717) is 5.25 Å². The number of benzene rings is 1. The van der Waals surface area contributed by atoms with Crippen LogP contribution in [-0.2, 0) is 4.74 Å². The molecule has 128 valence electrons. The molecule has 2 rings (SSSR count). The maximum atomic E-state index is 11.9. The van der Waals surface area contributed by atoms with E-state index in [4.69, 9.17) is 5.73 Å². The summed E-state index contributed by atoms with van der Waals surface area (Å²) in [5.74, 6) is 0. The van der Waals surface area contributed by atoms with Crippen molar-refractivity contribution in [2.75, 3.05) is 0 Å². The van der Waals surface area contributed by atoms with Gasteiger partial charge in [0.05, 0.1) is 0 Å². The smallest absolute Gasteiger partial charge is 0.405 e. The van der Waals surface area contributed by atoms with Gasteiger partial charge in [0.15, 0.2) is 0 Å². The van der Waals surface area contributed by atoms with Gasteiger partial charge in [-0.25, -0.2) is 4.79 Å². The average molecular weight is 337 g/mol. The number of thioether (sulfide) groups is 1. The minimum atomic E-state index is -0.725. The number of carbonyl (C=O) groups excluding carboxylic acids is 2. The standard InChI is InChI=1S/C13H16OS.C5H11NO2/c14-13(11-7-3-1-4-8-11)15-12-9-5-2-6-10-12;1-5(2,3)8-4(6)7/h1,3-4,7-8,12H,2,5-6,9-10H2;1-3H3,(H2,6,7). The van der Waals surface area contributed by atoms with Gasteiger partial charge in [-0.2, -0.15) is 0 Å². The summed E-state index contributed by atoms with van der Waals surface area (Å²) < 4.78 is 4.58. The van der Waals surface area contributed by atoms with E-state index >= 15 is 0 Å². The Morgan fingerprint density at radius 2 is 1.65 bits per heavy atom. The zero-order valence-corrected chi connectivity index (χ0v) is 15.0. The maximum absolute atomic E-state index is 11.9. The molecule has 0 unspecified atom stereocenters. The molecule has 1 saturated carbocycles. The van der Waals surface area contributed by atoms with Gasteiger partial charge in [-0.3, -0.25) is 4.79 Å². The van der Waals surface area contributed by atoms with E-state index < -0.39 is 11.7 Å². The van der Waals surface area contributed by atoms with Gasteiger partial charge in [-0.05, 0) is 33.6 Å². The molecule has 0 aromatic heterocycles. The van der Waals surface area contributed by atoms with Crippen LogP contribution in [-0.4, -0.2) is 22.1 Å². The highest BCUT2D eigenvalue weighted by atomic mass is 32.2. The highest BCUT2D eigenvalue weighted by Crippen LogP contribution is 2.30. The Labute approximate surface area is 143 Å². The number of nitrogens with two attached hydrogens (primary N) is 1. The molecule has 5 heteroatoms. The number of rotatable bonds is 2. The average Bonchev–Trinajstić information content (AvgIpc) is 2.47. The van der Waals surface area contributed by atoms with Gasteiger partial charge in [0, 0.05) is 10.8 Å². The van der Waals surface area contributed by atoms with E-state index in [0.717, 1.165) is 5.56 Å². The molecule has 1 aliphatic carbocycles. The van der Waals surface area contributed by atoms with Crippen LogP contribution in [0.5, 0.6) is 0 Å². The van der Waals surface area contributed by atoms with Crippen LogP contribution in [0.2, 0.25) is 0 Å². The maximum Gasteiger partial charge on any atom is 0.405 e. The molecule has 0 saturated heterocycles. The summed E-state index contributed by atoms with van der Waals surface area (Å²) >= 11 is 1.53. The lowest BCUT2D eigenvalue weighted by Gasteiger charge is -2.19. The summed E-state index contributed by atoms with van der Waals surface area (Å²) in [5.41, 5.74) is 5.11. The Morgan fingerprint density at radius 3 is 2.09 bits per heavy atom. The molecule has 4 nitrogen and oxygen atoms in total. The molecule has 2 N–H and O–H groups in total. The lowest BCUT2D eigenvalue weighted by molar-refractivity contribution is 0.0600. The van der Waals surface area contributed by atoms with Gasteiger partial charge in [0.1, 0.15) is 5.60 Å². The van der Waals surface area contributed by atoms with Crippen LogP contribution in [0, 0.1) is 0 Å². The molecule has 1 aliphatic rings. The lowest BCUT2D eigenvalue weighted by atomic mass is 10.0. The lowest BCUT2D eigenvalue weighted by Crippen LogP contribution is -2.27. The topological polar surface area (TPSA) is 69.4 Å². The molecule has 0 atom stereocenters. The number of ether oxygens (including phenoxy) is 1. The SMILES string of the molecule is CC(C)(C)OC(N)=O.O=C(SC1CCCCC1)c1ccccc1. The molecule has 0 radical (unpaired) electrons. The van der Waals surface area contributed by atoms with Crippen molar-refractivity contribution in [2.45, 2.75) is 63.7 Å². The highest BCUT2D eigenvalue weighted by Gasteiger charge is 2.18. The Morgan fingerprint density at radius 1 is 1.09 bits per heavy atom. The second kappa shape index (κ2) is 9.60. The third-order valence-corrected chi connectivity index (χ3v) is 4.50. The van der Waals surface area contributed by atoms with E-state index in [1.54, 1.807) is 20.8 Å². The summed E-state index contributed by atoms with van der Waals surface area (Å²) in [4.78, 5) is 21.9. The van der Waals surface area contributed by atoms with Crippen molar-refractivity contribution >= 4 is 23.0 Å². The van der Waals surface area contributed by atoms with Crippen LogP contribution < -0.4 is 5.73 Å². The molecule has 1 aromatic carbocycles. The number of primary amides is 1. The molecule has 1 amide bonds. The summed E-state index contributed by atoms with van der Waals surface area (Å²) in [6, 6.07) is 9.60. The Bertz CT molecular complexity index is 491. The third kappa shape index (κ3) is 9.29. The number of amides is 1. The van der Waals surface area contributed by atoms with E-state index in [-0.39, 0.29) is 5.12 Å². The monoisotopic (exact) mass is 337 g/mol. The van der Waals surface area contributed by atoms with Crippen LogP contribution in [0.25, 0.3) is 0 Å². The molecular formula is C18H27NO3S. The van der Waals surface area contributed by atoms with Crippen molar-refractivity contribution in [3.05, 3.63) is 35.9 Å². The van der Waals surface area contributed by atoms with E-state index in [2.05, 4.69) is 4.74 Å². The Kier molecular flexibility index (Phi) is 8.17. The normalized spacial score (nSPS) is 15.3. The van der Waals surface area contributed by atoms with Crippen molar-refractivity contribution < 1.29 is 14.3 Å². The fraction of sp³-hybridized carbons (Fsp3) is 0.556. The Hall–Kier alpha value is -1.49. The first-order valence-corrected chi connectivity index (χ1v) is 8.90. The van der Waals surface area contributed by atoms with Crippen molar-refractivity contribution in [2.24, 2.45) is 5.73 Å². The predicted octanol–water partition coefficient (Wildman–Crippen LogP) is 4.77. The predicted molar refractivity (Wildman–Crippen MR) is 95.7 cm³/mol. The highest BCUT2D eigenvalue weighted by molar-refractivity contribution is 8.14. The van der Waals surface area contributed by atoms with Gasteiger partial charge in [-0.1, -0.05) is 61.4 Å². The van der Waals surface area contributed by atoms with Crippen LogP contribution in [0.15, 0.2) is 30.3 Å². The summed E-state index contributed by atoms with van der Waals surface area (Å²) in [5, 5.41) is 0.800. The molecule has 1 fully saturated rings. The van der Waals surface area contributed by atoms with Crippen molar-refractivity contribution in [3.8, 4) is 0 Å². The van der Waals surface area contributed by atoms with Crippen LogP contribution in [0.1, 0.15) is 63.2 Å². The first-order chi connectivity index (χ1) is 10.8. The second-order valence-corrected chi connectivity index (χ2v) is 7.84. The zero-order valence-electron chi connectivity index (χ0n) is 14.2. The van der Waals surface area contributed by atoms with Gasteiger partial charge in [-0.15, -0.1) is 0 Å². The van der Waals surface area contributed by atoms with Crippen LogP contribution >= 0.6 is 11.8 Å². The minimum absolute atomic E-state index is 0.238. The quantitative estimate of drug-likeness (QED) is 0.843. The molecule has 0 heterocycles. The van der Waals surface area contributed by atoms with Crippen molar-refractivity contribution in [3.63, 3.8) is 0 Å². The van der Waals surface area contributed by atoms with Crippen LogP contribution in [0.3, 0.4) is 0 Å². The molecule has 0 bridgehead atoms. The first-order valence-electron chi connectivity index (χ1n) is 8.02. The molecule has 0 aliphatic heterocycles. The fourth-order valence-electron chi connectivity index (χ4n) is 2.28.